The first kappa shape index (κ1) is 16.2. The largest absolute Gasteiger partial charge is 0.480 e. The molecular formula is C18H15N5O2S. The molecule has 0 saturated carbocycles. The molecule has 0 fully saturated rings. The van der Waals surface area contributed by atoms with E-state index in [-0.39, 0.29) is 6.54 Å². The quantitative estimate of drug-likeness (QED) is 0.500. The van der Waals surface area contributed by atoms with E-state index < -0.39 is 5.97 Å². The molecule has 0 saturated heterocycles. The number of pyridine rings is 1. The number of fused-ring (bicyclic) bond motifs is 1. The van der Waals surface area contributed by atoms with Crippen LogP contribution in [0.2, 0.25) is 0 Å². The Kier molecular flexibility index (Phi) is 4.10. The lowest BCUT2D eigenvalue weighted by molar-refractivity contribution is -0.134. The molecule has 7 nitrogen and oxygen atoms in total. The van der Waals surface area contributed by atoms with Crippen molar-refractivity contribution in [2.24, 2.45) is 0 Å². The van der Waals surface area contributed by atoms with Gasteiger partial charge in [-0.15, -0.1) is 10.2 Å². The topological polar surface area (TPSA) is 104 Å². The van der Waals surface area contributed by atoms with Crippen molar-refractivity contribution in [3.8, 4) is 21.7 Å². The second-order valence-corrected chi connectivity index (χ2v) is 6.90. The number of rotatable bonds is 5. The standard InChI is InChI=1S/C18H15N5O2S/c1-10-22-23-18(26-10)13-5-3-2-4-11(13)14-8-15(20-9-16(24)25)21-17-12(14)6-7-19-17/h2-8H,9H2,1H3,(H,24,25)(H2,19,20,21). The Bertz CT molecular complexity index is 1100. The molecule has 0 bridgehead atoms. The highest BCUT2D eigenvalue weighted by molar-refractivity contribution is 7.14. The van der Waals surface area contributed by atoms with Gasteiger partial charge < -0.3 is 15.4 Å². The number of nitrogens with one attached hydrogen (secondary N) is 2. The number of carboxylic acid groups (broad SMARTS) is 1. The lowest BCUT2D eigenvalue weighted by Gasteiger charge is -2.11. The van der Waals surface area contributed by atoms with Crippen LogP contribution in [0.4, 0.5) is 5.82 Å². The number of hydrogen-bond acceptors (Lipinski definition) is 6. The molecule has 0 unspecified atom stereocenters. The summed E-state index contributed by atoms with van der Waals surface area (Å²) in [4.78, 5) is 18.4. The maximum atomic E-state index is 10.9. The Morgan fingerprint density at radius 3 is 2.73 bits per heavy atom. The minimum Gasteiger partial charge on any atom is -0.480 e. The smallest absolute Gasteiger partial charge is 0.322 e. The summed E-state index contributed by atoms with van der Waals surface area (Å²) >= 11 is 1.54. The van der Waals surface area contributed by atoms with Crippen molar-refractivity contribution in [3.63, 3.8) is 0 Å². The number of carbonyl (C=O) groups is 1. The third-order valence-electron chi connectivity index (χ3n) is 3.92. The maximum absolute atomic E-state index is 10.9. The molecule has 0 aliphatic heterocycles. The minimum absolute atomic E-state index is 0.199. The van der Waals surface area contributed by atoms with Gasteiger partial charge >= 0.3 is 5.97 Å². The number of anilines is 1. The number of aryl methyl sites for hydroxylation is 1. The van der Waals surface area contributed by atoms with Crippen LogP contribution >= 0.6 is 11.3 Å². The average molecular weight is 365 g/mol. The lowest BCUT2D eigenvalue weighted by Crippen LogP contribution is -2.13. The van der Waals surface area contributed by atoms with Gasteiger partial charge in [-0.25, -0.2) is 4.98 Å². The number of carboxylic acids is 1. The van der Waals surface area contributed by atoms with E-state index in [0.29, 0.717) is 11.5 Å². The van der Waals surface area contributed by atoms with Gasteiger partial charge in [0.15, 0.2) is 0 Å². The third-order valence-corrected chi connectivity index (χ3v) is 4.80. The zero-order valence-corrected chi connectivity index (χ0v) is 14.7. The van der Waals surface area contributed by atoms with Crippen LogP contribution in [0.1, 0.15) is 5.01 Å². The molecule has 26 heavy (non-hydrogen) atoms. The molecule has 0 spiro atoms. The van der Waals surface area contributed by atoms with E-state index in [9.17, 15) is 4.79 Å². The third kappa shape index (κ3) is 3.02. The summed E-state index contributed by atoms with van der Waals surface area (Å²) in [6.07, 6.45) is 1.82. The second kappa shape index (κ2) is 6.57. The van der Waals surface area contributed by atoms with Gasteiger partial charge in [-0.2, -0.15) is 0 Å². The van der Waals surface area contributed by atoms with E-state index in [1.54, 1.807) is 0 Å². The molecule has 4 aromatic rings. The van der Waals surface area contributed by atoms with Crippen molar-refractivity contribution in [3.05, 3.63) is 47.6 Å². The molecule has 130 valence electrons. The van der Waals surface area contributed by atoms with Gasteiger partial charge in [0.25, 0.3) is 0 Å². The second-order valence-electron chi connectivity index (χ2n) is 5.71. The molecule has 0 amide bonds. The predicted molar refractivity (Wildman–Crippen MR) is 101 cm³/mol. The summed E-state index contributed by atoms with van der Waals surface area (Å²) in [6.45, 7) is 1.73. The summed E-state index contributed by atoms with van der Waals surface area (Å²) in [7, 11) is 0. The summed E-state index contributed by atoms with van der Waals surface area (Å²) in [5.74, 6) is -0.440. The fraction of sp³-hybridized carbons (Fsp3) is 0.111. The van der Waals surface area contributed by atoms with Gasteiger partial charge in [0, 0.05) is 17.1 Å². The van der Waals surface area contributed by atoms with Crippen LogP contribution in [-0.2, 0) is 4.79 Å². The molecule has 0 radical (unpaired) electrons. The number of H-pyrrole nitrogens is 1. The Labute approximate surface area is 152 Å². The normalized spacial score (nSPS) is 11.0. The summed E-state index contributed by atoms with van der Waals surface area (Å²) < 4.78 is 0. The number of benzene rings is 1. The first-order valence-electron chi connectivity index (χ1n) is 7.95. The van der Waals surface area contributed by atoms with Gasteiger partial charge in [-0.05, 0) is 30.2 Å². The van der Waals surface area contributed by atoms with Crippen molar-refractivity contribution >= 4 is 34.2 Å². The fourth-order valence-electron chi connectivity index (χ4n) is 2.83. The minimum atomic E-state index is -0.940. The monoisotopic (exact) mass is 365 g/mol. The molecular weight excluding hydrogens is 350 g/mol. The van der Waals surface area contributed by atoms with E-state index in [0.717, 1.165) is 32.1 Å². The first-order chi connectivity index (χ1) is 12.6. The highest BCUT2D eigenvalue weighted by Crippen LogP contribution is 2.37. The summed E-state index contributed by atoms with van der Waals surface area (Å²) in [5.41, 5.74) is 3.62. The molecule has 0 atom stereocenters. The van der Waals surface area contributed by atoms with Crippen molar-refractivity contribution in [2.45, 2.75) is 6.92 Å². The molecule has 1 aromatic carbocycles. The van der Waals surface area contributed by atoms with Gasteiger partial charge in [-0.3, -0.25) is 4.79 Å². The van der Waals surface area contributed by atoms with Crippen LogP contribution in [0, 0.1) is 6.92 Å². The summed E-state index contributed by atoms with van der Waals surface area (Å²) in [6, 6.07) is 11.8. The number of hydrogen-bond donors (Lipinski definition) is 3. The Balaban J connectivity index is 1.89. The first-order valence-corrected chi connectivity index (χ1v) is 8.77. The van der Waals surface area contributed by atoms with E-state index in [2.05, 4.69) is 25.5 Å². The van der Waals surface area contributed by atoms with Crippen LogP contribution in [0.25, 0.3) is 32.7 Å². The highest BCUT2D eigenvalue weighted by Gasteiger charge is 2.15. The van der Waals surface area contributed by atoms with E-state index in [1.165, 1.54) is 11.3 Å². The van der Waals surface area contributed by atoms with Crippen LogP contribution < -0.4 is 5.32 Å². The molecule has 3 heterocycles. The molecule has 3 aromatic heterocycles. The van der Waals surface area contributed by atoms with Gasteiger partial charge in [-0.1, -0.05) is 35.6 Å². The summed E-state index contributed by atoms with van der Waals surface area (Å²) in [5, 5.41) is 22.9. The van der Waals surface area contributed by atoms with Crippen molar-refractivity contribution in [1.29, 1.82) is 0 Å². The van der Waals surface area contributed by atoms with Crippen LogP contribution in [-0.4, -0.2) is 37.8 Å². The van der Waals surface area contributed by atoms with Crippen molar-refractivity contribution in [1.82, 2.24) is 20.2 Å². The molecule has 0 aliphatic carbocycles. The number of aliphatic carboxylic acids is 1. The fourth-order valence-corrected chi connectivity index (χ4v) is 3.56. The van der Waals surface area contributed by atoms with E-state index >= 15 is 0 Å². The van der Waals surface area contributed by atoms with Gasteiger partial charge in [0.2, 0.25) is 0 Å². The Morgan fingerprint density at radius 2 is 2.00 bits per heavy atom. The van der Waals surface area contributed by atoms with Crippen LogP contribution in [0.15, 0.2) is 42.6 Å². The molecule has 8 heteroatoms. The van der Waals surface area contributed by atoms with Crippen LogP contribution in [0.3, 0.4) is 0 Å². The Morgan fingerprint density at radius 1 is 1.19 bits per heavy atom. The molecule has 3 N–H and O–H groups in total. The maximum Gasteiger partial charge on any atom is 0.322 e. The van der Waals surface area contributed by atoms with Gasteiger partial charge in [0.05, 0.1) is 0 Å². The lowest BCUT2D eigenvalue weighted by atomic mass is 9.98. The number of nitrogens with zero attached hydrogens (tertiary/aromatic N) is 3. The zero-order valence-electron chi connectivity index (χ0n) is 13.9. The highest BCUT2D eigenvalue weighted by atomic mass is 32.1. The molecule has 0 aliphatic rings. The van der Waals surface area contributed by atoms with Crippen molar-refractivity contribution < 1.29 is 9.90 Å². The SMILES string of the molecule is Cc1nnc(-c2ccccc2-c2cc(NCC(=O)O)nc3[nH]ccc23)s1. The average Bonchev–Trinajstić information content (AvgIpc) is 3.28. The van der Waals surface area contributed by atoms with E-state index in [1.807, 2.05) is 49.5 Å². The van der Waals surface area contributed by atoms with Crippen molar-refractivity contribution in [2.75, 3.05) is 11.9 Å². The Hall–Kier alpha value is -3.26. The van der Waals surface area contributed by atoms with Gasteiger partial charge in [0.1, 0.15) is 28.0 Å². The number of aromatic nitrogens is 4. The van der Waals surface area contributed by atoms with Crippen LogP contribution in [0.5, 0.6) is 0 Å². The molecule has 4 rings (SSSR count). The van der Waals surface area contributed by atoms with E-state index in [4.69, 9.17) is 5.11 Å². The zero-order chi connectivity index (χ0) is 18.1. The number of aromatic amines is 1. The predicted octanol–water partition coefficient (Wildman–Crippen LogP) is 3.55.